The molecule has 0 unspecified atom stereocenters. The second-order valence-electron chi connectivity index (χ2n) is 7.26. The van der Waals surface area contributed by atoms with Crippen LogP contribution in [-0.2, 0) is 21.2 Å². The molecule has 2 heterocycles. The standard InChI is InChI=1S/C23H22N2O4S2/c1-17-11-12-20-21(15-17)30-23(24-20)25(16-18-7-5-13-29-18)22(26)10-6-14-31(27,28)19-8-3-2-4-9-19/h2-5,7-9,11-13,15H,6,10,14,16H2,1H3. The van der Waals surface area contributed by atoms with Crippen molar-refractivity contribution in [3.63, 3.8) is 0 Å². The molecule has 160 valence electrons. The van der Waals surface area contributed by atoms with Gasteiger partial charge in [-0.2, -0.15) is 0 Å². The highest BCUT2D eigenvalue weighted by Crippen LogP contribution is 2.31. The Kier molecular flexibility index (Phi) is 6.20. The second-order valence-corrected chi connectivity index (χ2v) is 10.4. The van der Waals surface area contributed by atoms with Crippen molar-refractivity contribution in [2.24, 2.45) is 0 Å². The van der Waals surface area contributed by atoms with Gasteiger partial charge in [0.2, 0.25) is 5.91 Å². The molecule has 0 aliphatic heterocycles. The van der Waals surface area contributed by atoms with E-state index in [0.29, 0.717) is 10.9 Å². The van der Waals surface area contributed by atoms with Gasteiger partial charge in [0.15, 0.2) is 15.0 Å². The van der Waals surface area contributed by atoms with Gasteiger partial charge in [-0.3, -0.25) is 9.69 Å². The summed E-state index contributed by atoms with van der Waals surface area (Å²) in [5.41, 5.74) is 1.95. The SMILES string of the molecule is Cc1ccc2nc(N(Cc3ccco3)C(=O)CCCS(=O)(=O)c3ccccc3)sc2c1. The van der Waals surface area contributed by atoms with Crippen LogP contribution in [0.3, 0.4) is 0 Å². The summed E-state index contributed by atoms with van der Waals surface area (Å²) in [6.07, 6.45) is 1.89. The van der Waals surface area contributed by atoms with Gasteiger partial charge in [0.05, 0.1) is 33.7 Å². The van der Waals surface area contributed by atoms with E-state index in [4.69, 9.17) is 4.42 Å². The summed E-state index contributed by atoms with van der Waals surface area (Å²) in [5.74, 6) is 0.368. The Hall–Kier alpha value is -2.97. The maximum atomic E-state index is 13.1. The van der Waals surface area contributed by atoms with Gasteiger partial charge in [-0.1, -0.05) is 35.6 Å². The molecule has 8 heteroatoms. The minimum atomic E-state index is -3.42. The summed E-state index contributed by atoms with van der Waals surface area (Å²) < 4.78 is 31.4. The predicted molar refractivity (Wildman–Crippen MR) is 122 cm³/mol. The first-order chi connectivity index (χ1) is 14.9. The number of hydrogen-bond donors (Lipinski definition) is 0. The lowest BCUT2D eigenvalue weighted by atomic mass is 10.2. The number of sulfone groups is 1. The molecular formula is C23H22N2O4S2. The molecule has 0 saturated carbocycles. The number of anilines is 1. The normalized spacial score (nSPS) is 11.6. The van der Waals surface area contributed by atoms with Crippen LogP contribution in [0.2, 0.25) is 0 Å². The number of carbonyl (C=O) groups is 1. The second kappa shape index (κ2) is 9.03. The average Bonchev–Trinajstić information content (AvgIpc) is 3.41. The van der Waals surface area contributed by atoms with Gasteiger partial charge in [-0.25, -0.2) is 13.4 Å². The van der Waals surface area contributed by atoms with Crippen LogP contribution in [0.1, 0.15) is 24.2 Å². The van der Waals surface area contributed by atoms with Gasteiger partial charge in [-0.05, 0) is 55.3 Å². The highest BCUT2D eigenvalue weighted by atomic mass is 32.2. The number of benzene rings is 2. The number of aromatic nitrogens is 1. The molecule has 2 aromatic carbocycles. The van der Waals surface area contributed by atoms with E-state index in [1.54, 1.807) is 53.6 Å². The molecule has 0 fully saturated rings. The molecule has 0 bridgehead atoms. The highest BCUT2D eigenvalue weighted by Gasteiger charge is 2.22. The fraction of sp³-hybridized carbons (Fsp3) is 0.217. The smallest absolute Gasteiger partial charge is 0.229 e. The Balaban J connectivity index is 1.51. The van der Waals surface area contributed by atoms with E-state index in [0.717, 1.165) is 15.8 Å². The molecule has 1 amide bonds. The van der Waals surface area contributed by atoms with Gasteiger partial charge in [-0.15, -0.1) is 0 Å². The topological polar surface area (TPSA) is 80.5 Å². The Morgan fingerprint density at radius 3 is 2.65 bits per heavy atom. The monoisotopic (exact) mass is 454 g/mol. The minimum Gasteiger partial charge on any atom is -0.467 e. The van der Waals surface area contributed by atoms with Crippen molar-refractivity contribution in [1.82, 2.24) is 4.98 Å². The number of rotatable bonds is 8. The number of hydrogen-bond acceptors (Lipinski definition) is 6. The van der Waals surface area contributed by atoms with Crippen molar-refractivity contribution in [3.8, 4) is 0 Å². The number of carbonyl (C=O) groups excluding carboxylic acids is 1. The lowest BCUT2D eigenvalue weighted by molar-refractivity contribution is -0.118. The zero-order valence-electron chi connectivity index (χ0n) is 17.0. The molecule has 2 aromatic heterocycles. The molecule has 0 spiro atoms. The molecular weight excluding hydrogens is 432 g/mol. The summed E-state index contributed by atoms with van der Waals surface area (Å²) in [6, 6.07) is 17.8. The Morgan fingerprint density at radius 2 is 1.90 bits per heavy atom. The molecule has 0 radical (unpaired) electrons. The predicted octanol–water partition coefficient (Wildman–Crippen LogP) is 4.99. The molecule has 4 rings (SSSR count). The van der Waals surface area contributed by atoms with Crippen LogP contribution in [0.4, 0.5) is 5.13 Å². The number of furan rings is 1. The summed E-state index contributed by atoms with van der Waals surface area (Å²) in [7, 11) is -3.42. The van der Waals surface area contributed by atoms with Crippen LogP contribution >= 0.6 is 11.3 Å². The molecule has 0 saturated heterocycles. The van der Waals surface area contributed by atoms with Crippen LogP contribution in [-0.4, -0.2) is 25.1 Å². The van der Waals surface area contributed by atoms with E-state index in [1.165, 1.54) is 11.3 Å². The van der Waals surface area contributed by atoms with Gasteiger partial charge < -0.3 is 4.42 Å². The van der Waals surface area contributed by atoms with Crippen LogP contribution in [0.5, 0.6) is 0 Å². The summed E-state index contributed by atoms with van der Waals surface area (Å²) in [6.45, 7) is 2.26. The van der Waals surface area contributed by atoms with E-state index in [2.05, 4.69) is 4.98 Å². The Bertz CT molecular complexity index is 1280. The van der Waals surface area contributed by atoms with Gasteiger partial charge in [0.1, 0.15) is 5.76 Å². The minimum absolute atomic E-state index is 0.0869. The number of fused-ring (bicyclic) bond motifs is 1. The largest absolute Gasteiger partial charge is 0.467 e. The summed E-state index contributed by atoms with van der Waals surface area (Å²) >= 11 is 1.44. The van der Waals surface area contributed by atoms with E-state index in [9.17, 15) is 13.2 Å². The van der Waals surface area contributed by atoms with Crippen LogP contribution in [0.15, 0.2) is 76.2 Å². The van der Waals surface area contributed by atoms with E-state index >= 15 is 0 Å². The van der Waals surface area contributed by atoms with Gasteiger partial charge in [0.25, 0.3) is 0 Å². The lowest BCUT2D eigenvalue weighted by Crippen LogP contribution is -2.30. The number of nitrogens with zero attached hydrogens (tertiary/aromatic N) is 2. The summed E-state index contributed by atoms with van der Waals surface area (Å²) in [4.78, 5) is 19.6. The van der Waals surface area contributed by atoms with Crippen molar-refractivity contribution in [2.45, 2.75) is 31.2 Å². The van der Waals surface area contributed by atoms with Crippen molar-refractivity contribution < 1.29 is 17.6 Å². The highest BCUT2D eigenvalue weighted by molar-refractivity contribution is 7.91. The maximum Gasteiger partial charge on any atom is 0.229 e. The lowest BCUT2D eigenvalue weighted by Gasteiger charge is -2.18. The number of aryl methyl sites for hydroxylation is 1. The molecule has 0 aliphatic rings. The first-order valence-corrected chi connectivity index (χ1v) is 12.4. The third-order valence-corrected chi connectivity index (χ3v) is 7.72. The quantitative estimate of drug-likeness (QED) is 0.375. The zero-order valence-corrected chi connectivity index (χ0v) is 18.7. The van der Waals surface area contributed by atoms with E-state index in [-0.39, 0.29) is 35.9 Å². The fourth-order valence-electron chi connectivity index (χ4n) is 3.25. The summed E-state index contributed by atoms with van der Waals surface area (Å²) in [5, 5.41) is 0.577. The maximum absolute atomic E-state index is 13.1. The first kappa shape index (κ1) is 21.3. The van der Waals surface area contributed by atoms with Gasteiger partial charge >= 0.3 is 0 Å². The molecule has 4 aromatic rings. The van der Waals surface area contributed by atoms with E-state index in [1.807, 2.05) is 25.1 Å². The molecule has 31 heavy (non-hydrogen) atoms. The van der Waals surface area contributed by atoms with Crippen molar-refractivity contribution in [2.75, 3.05) is 10.7 Å². The van der Waals surface area contributed by atoms with Crippen molar-refractivity contribution >= 4 is 42.4 Å². The van der Waals surface area contributed by atoms with E-state index < -0.39 is 9.84 Å². The zero-order chi connectivity index (χ0) is 21.8. The molecule has 0 N–H and O–H groups in total. The molecule has 0 aliphatic carbocycles. The Morgan fingerprint density at radius 1 is 1.10 bits per heavy atom. The molecule has 6 nitrogen and oxygen atoms in total. The van der Waals surface area contributed by atoms with Crippen molar-refractivity contribution in [1.29, 1.82) is 0 Å². The van der Waals surface area contributed by atoms with Crippen LogP contribution < -0.4 is 4.90 Å². The van der Waals surface area contributed by atoms with Crippen LogP contribution in [0, 0.1) is 6.92 Å². The molecule has 0 atom stereocenters. The third kappa shape index (κ3) is 5.03. The fourth-order valence-corrected chi connectivity index (χ4v) is 5.66. The number of amides is 1. The first-order valence-electron chi connectivity index (χ1n) is 9.90. The van der Waals surface area contributed by atoms with Crippen LogP contribution in [0.25, 0.3) is 10.2 Å². The average molecular weight is 455 g/mol. The van der Waals surface area contributed by atoms with Crippen molar-refractivity contribution in [3.05, 3.63) is 78.3 Å². The van der Waals surface area contributed by atoms with Gasteiger partial charge in [0, 0.05) is 6.42 Å². The third-order valence-electron chi connectivity index (χ3n) is 4.86. The Labute approximate surface area is 185 Å². The number of thiazole rings is 1.